The molecule has 2 aromatic rings. The van der Waals surface area contributed by atoms with Crippen LogP contribution >= 0.6 is 11.8 Å². The predicted octanol–water partition coefficient (Wildman–Crippen LogP) is 2.19. The van der Waals surface area contributed by atoms with Crippen molar-refractivity contribution in [2.75, 3.05) is 18.8 Å². The summed E-state index contributed by atoms with van der Waals surface area (Å²) in [5, 5.41) is 8.48. The molecule has 0 aromatic carbocycles. The molecule has 0 N–H and O–H groups in total. The second-order valence-electron chi connectivity index (χ2n) is 6.54. The number of thioether (sulfide) groups is 1. The molecule has 0 fully saturated rings. The van der Waals surface area contributed by atoms with Crippen molar-refractivity contribution < 1.29 is 17.9 Å². The average molecular weight is 401 g/mol. The summed E-state index contributed by atoms with van der Waals surface area (Å²) in [4.78, 5) is 12.0. The van der Waals surface area contributed by atoms with Crippen LogP contribution in [0.15, 0.2) is 28.4 Å². The lowest BCUT2D eigenvalue weighted by atomic mass is 10.2. The first-order valence-corrected chi connectivity index (χ1v) is 10.7. The van der Waals surface area contributed by atoms with E-state index in [1.807, 2.05) is 0 Å². The Labute approximate surface area is 158 Å². The van der Waals surface area contributed by atoms with Gasteiger partial charge in [-0.15, -0.1) is 10.2 Å². The first-order valence-electron chi connectivity index (χ1n) is 8.28. The van der Waals surface area contributed by atoms with Gasteiger partial charge in [0.15, 0.2) is 10.8 Å². The molecule has 10 heteroatoms. The van der Waals surface area contributed by atoms with Crippen molar-refractivity contribution in [3.8, 4) is 0 Å². The number of carbonyl (C=O) groups is 1. The van der Waals surface area contributed by atoms with Gasteiger partial charge in [-0.3, -0.25) is 9.20 Å². The third-order valence-electron chi connectivity index (χ3n) is 3.43. The van der Waals surface area contributed by atoms with E-state index in [4.69, 9.17) is 4.74 Å². The first kappa shape index (κ1) is 20.7. The molecule has 8 nitrogen and oxygen atoms in total. The Morgan fingerprint density at radius 3 is 2.46 bits per heavy atom. The molecule has 2 rings (SSSR count). The summed E-state index contributed by atoms with van der Waals surface area (Å²) in [5.41, 5.74) is -0.0505. The van der Waals surface area contributed by atoms with E-state index < -0.39 is 15.6 Å². The topological polar surface area (TPSA) is 93.9 Å². The number of hydrogen-bond donors (Lipinski definition) is 0. The lowest BCUT2D eigenvalue weighted by Crippen LogP contribution is -2.30. The quantitative estimate of drug-likeness (QED) is 0.519. The van der Waals surface area contributed by atoms with E-state index in [0.29, 0.717) is 23.9 Å². The van der Waals surface area contributed by atoms with E-state index >= 15 is 0 Å². The minimum atomic E-state index is -3.59. The second kappa shape index (κ2) is 7.93. The zero-order valence-electron chi connectivity index (χ0n) is 15.6. The number of sulfonamides is 1. The average Bonchev–Trinajstić information content (AvgIpc) is 2.94. The number of nitrogens with zero attached hydrogens (tertiary/aromatic N) is 4. The molecule has 0 aliphatic rings. The van der Waals surface area contributed by atoms with E-state index in [9.17, 15) is 13.2 Å². The van der Waals surface area contributed by atoms with Crippen LogP contribution in [0.25, 0.3) is 5.65 Å². The molecule has 0 spiro atoms. The fraction of sp³-hybridized carbons (Fsp3) is 0.562. The normalized spacial score (nSPS) is 12.7. The van der Waals surface area contributed by atoms with Gasteiger partial charge in [-0.2, -0.15) is 4.31 Å². The number of aromatic nitrogens is 3. The highest BCUT2D eigenvalue weighted by atomic mass is 32.2. The molecule has 26 heavy (non-hydrogen) atoms. The third kappa shape index (κ3) is 4.74. The Bertz CT molecular complexity index is 883. The number of fused-ring (bicyclic) bond motifs is 1. The van der Waals surface area contributed by atoms with Gasteiger partial charge in [0.25, 0.3) is 0 Å². The van der Waals surface area contributed by atoms with Gasteiger partial charge in [0.1, 0.15) is 5.60 Å². The van der Waals surface area contributed by atoms with Crippen molar-refractivity contribution in [3.05, 3.63) is 18.3 Å². The van der Waals surface area contributed by atoms with Gasteiger partial charge in [0, 0.05) is 19.3 Å². The van der Waals surface area contributed by atoms with Gasteiger partial charge in [-0.05, 0) is 32.9 Å². The third-order valence-corrected chi connectivity index (χ3v) is 6.38. The maximum Gasteiger partial charge on any atom is 0.316 e. The molecule has 0 amide bonds. The molecule has 0 aliphatic carbocycles. The number of ether oxygens (including phenoxy) is 1. The Hall–Kier alpha value is -1.65. The largest absolute Gasteiger partial charge is 0.459 e. The van der Waals surface area contributed by atoms with Gasteiger partial charge in [-0.1, -0.05) is 25.6 Å². The predicted molar refractivity (Wildman–Crippen MR) is 99.7 cm³/mol. The molecule has 0 aliphatic heterocycles. The van der Waals surface area contributed by atoms with Crippen LogP contribution in [-0.4, -0.2) is 57.7 Å². The summed E-state index contributed by atoms with van der Waals surface area (Å²) in [6.07, 6.45) is 1.49. The van der Waals surface area contributed by atoms with Crippen LogP contribution in [0.3, 0.4) is 0 Å². The van der Waals surface area contributed by atoms with Crippen LogP contribution in [-0.2, 0) is 19.6 Å². The van der Waals surface area contributed by atoms with Crippen molar-refractivity contribution in [3.63, 3.8) is 0 Å². The van der Waals surface area contributed by atoms with E-state index in [2.05, 4.69) is 10.2 Å². The second-order valence-corrected chi connectivity index (χ2v) is 9.42. The Kier molecular flexibility index (Phi) is 6.30. The molecule has 0 saturated heterocycles. The molecule has 2 aromatic heterocycles. The van der Waals surface area contributed by atoms with E-state index in [0.717, 1.165) is 11.8 Å². The van der Waals surface area contributed by atoms with Crippen LogP contribution in [0.5, 0.6) is 0 Å². The van der Waals surface area contributed by atoms with Crippen LogP contribution < -0.4 is 0 Å². The summed E-state index contributed by atoms with van der Waals surface area (Å²) in [6, 6.07) is 3.11. The van der Waals surface area contributed by atoms with Gasteiger partial charge >= 0.3 is 5.97 Å². The summed E-state index contributed by atoms with van der Waals surface area (Å²) >= 11 is 1.15. The van der Waals surface area contributed by atoms with E-state index in [1.165, 1.54) is 16.6 Å². The van der Waals surface area contributed by atoms with Crippen molar-refractivity contribution in [1.29, 1.82) is 0 Å². The van der Waals surface area contributed by atoms with Gasteiger partial charge in [-0.25, -0.2) is 8.42 Å². The van der Waals surface area contributed by atoms with Crippen molar-refractivity contribution in [1.82, 2.24) is 18.9 Å². The van der Waals surface area contributed by atoms with Crippen molar-refractivity contribution >= 4 is 33.4 Å². The molecule has 0 radical (unpaired) electrons. The van der Waals surface area contributed by atoms with Crippen LogP contribution in [0.2, 0.25) is 0 Å². The van der Waals surface area contributed by atoms with Gasteiger partial charge < -0.3 is 4.74 Å². The zero-order valence-corrected chi connectivity index (χ0v) is 17.2. The first-order chi connectivity index (χ1) is 12.1. The molecule has 2 heterocycles. The summed E-state index contributed by atoms with van der Waals surface area (Å²) in [5.74, 6) is -0.309. The molecular formula is C16H24N4O4S2. The number of carbonyl (C=O) groups excluding carboxylic acids is 1. The summed E-state index contributed by atoms with van der Waals surface area (Å²) < 4.78 is 33.6. The lowest BCUT2D eigenvalue weighted by Gasteiger charge is -2.19. The fourth-order valence-electron chi connectivity index (χ4n) is 2.31. The highest BCUT2D eigenvalue weighted by molar-refractivity contribution is 7.99. The highest BCUT2D eigenvalue weighted by Crippen LogP contribution is 2.22. The summed E-state index contributed by atoms with van der Waals surface area (Å²) in [6.45, 7) is 9.75. The van der Waals surface area contributed by atoms with Crippen LogP contribution in [0.4, 0.5) is 0 Å². The maximum absolute atomic E-state index is 12.7. The number of esters is 1. The lowest BCUT2D eigenvalue weighted by molar-refractivity contribution is -0.151. The monoisotopic (exact) mass is 400 g/mol. The smallest absolute Gasteiger partial charge is 0.316 e. The highest BCUT2D eigenvalue weighted by Gasteiger charge is 2.23. The molecule has 0 saturated carbocycles. The SMILES string of the molecule is CCN(CC)S(=O)(=O)c1ccc2nnc(SCC(=O)OC(C)(C)C)n2c1. The van der Waals surface area contributed by atoms with Crippen molar-refractivity contribution in [2.24, 2.45) is 0 Å². The van der Waals surface area contributed by atoms with Crippen molar-refractivity contribution in [2.45, 2.75) is 50.3 Å². The van der Waals surface area contributed by atoms with Gasteiger partial charge in [0.05, 0.1) is 10.6 Å². The molecule has 0 unspecified atom stereocenters. The molecule has 0 bridgehead atoms. The minimum absolute atomic E-state index is 0.0606. The minimum Gasteiger partial charge on any atom is -0.459 e. The Morgan fingerprint density at radius 2 is 1.88 bits per heavy atom. The van der Waals surface area contributed by atoms with E-state index in [1.54, 1.807) is 45.1 Å². The van der Waals surface area contributed by atoms with Gasteiger partial charge in [0.2, 0.25) is 10.0 Å². The summed E-state index contributed by atoms with van der Waals surface area (Å²) in [7, 11) is -3.59. The Morgan fingerprint density at radius 1 is 1.23 bits per heavy atom. The van der Waals surface area contributed by atoms with Crippen LogP contribution in [0, 0.1) is 0 Å². The van der Waals surface area contributed by atoms with E-state index in [-0.39, 0.29) is 16.6 Å². The standard InChI is InChI=1S/C16H24N4O4S2/c1-6-19(7-2)26(22,23)12-8-9-13-17-18-15(20(13)10-12)25-11-14(21)24-16(3,4)5/h8-10H,6-7,11H2,1-5H3. The molecule has 0 atom stereocenters. The fourth-order valence-corrected chi connectivity index (χ4v) is 4.45. The number of hydrogen-bond acceptors (Lipinski definition) is 7. The van der Waals surface area contributed by atoms with Crippen LogP contribution in [0.1, 0.15) is 34.6 Å². The Balaban J connectivity index is 2.27. The molecule has 144 valence electrons. The number of pyridine rings is 1. The number of rotatable bonds is 7. The maximum atomic E-state index is 12.7. The molecular weight excluding hydrogens is 376 g/mol. The zero-order chi connectivity index (χ0) is 19.5.